The number of esters is 1. The Kier molecular flexibility index (Phi) is 5.98. The van der Waals surface area contributed by atoms with Gasteiger partial charge in [0, 0.05) is 22.7 Å². The number of sulfonamides is 1. The molecule has 1 N–H and O–H groups in total. The number of nitrogens with one attached hydrogen (secondary N) is 1. The maximum atomic E-state index is 13.2. The fourth-order valence-electron chi connectivity index (χ4n) is 3.53. The van der Waals surface area contributed by atoms with Crippen molar-refractivity contribution in [1.82, 2.24) is 4.90 Å². The first kappa shape index (κ1) is 22.0. The third-order valence-electron chi connectivity index (χ3n) is 5.06. The van der Waals surface area contributed by atoms with Gasteiger partial charge in [0.2, 0.25) is 0 Å². The van der Waals surface area contributed by atoms with Crippen molar-refractivity contribution in [2.75, 3.05) is 18.4 Å². The summed E-state index contributed by atoms with van der Waals surface area (Å²) in [5.41, 5.74) is 1.24. The molecule has 0 bridgehead atoms. The van der Waals surface area contributed by atoms with Crippen molar-refractivity contribution < 1.29 is 27.1 Å². The van der Waals surface area contributed by atoms with Crippen LogP contribution in [0.1, 0.15) is 31.2 Å². The van der Waals surface area contributed by atoms with Crippen molar-refractivity contribution in [3.63, 3.8) is 0 Å². The molecule has 2 aromatic carbocycles. The molecule has 0 unspecified atom stereocenters. The van der Waals surface area contributed by atoms with E-state index in [9.17, 15) is 22.4 Å². The van der Waals surface area contributed by atoms with Gasteiger partial charge in [-0.1, -0.05) is 18.2 Å². The average Bonchev–Trinajstić information content (AvgIpc) is 3.20. The van der Waals surface area contributed by atoms with Crippen LogP contribution in [0.4, 0.5) is 10.1 Å². The van der Waals surface area contributed by atoms with Crippen LogP contribution in [0.3, 0.4) is 0 Å². The van der Waals surface area contributed by atoms with Crippen LogP contribution in [0.2, 0.25) is 0 Å². The number of methoxy groups -OCH3 is 1. The predicted molar refractivity (Wildman–Crippen MR) is 118 cm³/mol. The van der Waals surface area contributed by atoms with Gasteiger partial charge in [0.15, 0.2) is 4.21 Å². The van der Waals surface area contributed by atoms with Crippen LogP contribution in [-0.4, -0.2) is 38.8 Å². The molecule has 4 rings (SSSR count). The molecule has 1 aliphatic rings. The fraction of sp³-hybridized carbons (Fsp3) is 0.182. The number of amides is 1. The second-order valence-electron chi connectivity index (χ2n) is 7.11. The molecule has 32 heavy (non-hydrogen) atoms. The van der Waals surface area contributed by atoms with Crippen LogP contribution in [-0.2, 0) is 27.7 Å². The van der Waals surface area contributed by atoms with Gasteiger partial charge in [-0.25, -0.2) is 17.6 Å². The minimum Gasteiger partial charge on any atom is -0.465 e. The van der Waals surface area contributed by atoms with Crippen molar-refractivity contribution in [1.29, 1.82) is 0 Å². The number of carbonyl (C=O) groups excluding carboxylic acids is 2. The van der Waals surface area contributed by atoms with E-state index in [1.54, 1.807) is 29.2 Å². The summed E-state index contributed by atoms with van der Waals surface area (Å²) < 4.78 is 46.4. The lowest BCUT2D eigenvalue weighted by atomic mass is 10.0. The van der Waals surface area contributed by atoms with Gasteiger partial charge in [0.1, 0.15) is 5.82 Å². The van der Waals surface area contributed by atoms with Crippen molar-refractivity contribution in [2.24, 2.45) is 0 Å². The molecule has 166 valence electrons. The Balaban J connectivity index is 1.69. The van der Waals surface area contributed by atoms with E-state index < -0.39 is 21.8 Å². The third kappa shape index (κ3) is 4.23. The maximum absolute atomic E-state index is 13.2. The van der Waals surface area contributed by atoms with Gasteiger partial charge in [0.05, 0.1) is 19.2 Å². The van der Waals surface area contributed by atoms with Crippen molar-refractivity contribution in [3.8, 4) is 0 Å². The van der Waals surface area contributed by atoms with Gasteiger partial charge in [-0.3, -0.25) is 9.52 Å². The van der Waals surface area contributed by atoms with Crippen molar-refractivity contribution in [3.05, 3.63) is 82.0 Å². The molecule has 7 nitrogen and oxygen atoms in total. The van der Waals surface area contributed by atoms with E-state index in [-0.39, 0.29) is 27.9 Å². The number of fused-ring (bicyclic) bond motifs is 1. The Morgan fingerprint density at radius 3 is 2.44 bits per heavy atom. The molecule has 3 aromatic rings. The normalized spacial score (nSPS) is 13.4. The molecule has 1 aliphatic heterocycles. The van der Waals surface area contributed by atoms with Crippen LogP contribution in [0, 0.1) is 5.82 Å². The minimum absolute atomic E-state index is 0.0195. The third-order valence-corrected chi connectivity index (χ3v) is 8.18. The molecule has 0 saturated heterocycles. The van der Waals surface area contributed by atoms with E-state index in [1.807, 2.05) is 6.07 Å². The van der Waals surface area contributed by atoms with Crippen LogP contribution in [0.25, 0.3) is 0 Å². The highest BCUT2D eigenvalue weighted by Gasteiger charge is 2.35. The van der Waals surface area contributed by atoms with E-state index in [1.165, 1.54) is 19.2 Å². The summed E-state index contributed by atoms with van der Waals surface area (Å²) in [4.78, 5) is 27.6. The highest BCUT2D eigenvalue weighted by molar-refractivity contribution is 7.94. The number of hydrogen-bond donors (Lipinski definition) is 1. The topological polar surface area (TPSA) is 92.8 Å². The fourth-order valence-corrected chi connectivity index (χ4v) is 6.49. The highest BCUT2D eigenvalue weighted by atomic mass is 32.2. The number of benzene rings is 2. The van der Waals surface area contributed by atoms with Crippen LogP contribution < -0.4 is 4.72 Å². The zero-order valence-electron chi connectivity index (χ0n) is 17.0. The number of nitrogens with zero attached hydrogens (tertiary/aromatic N) is 1. The van der Waals surface area contributed by atoms with Gasteiger partial charge in [0.25, 0.3) is 15.9 Å². The number of hydrogen-bond acceptors (Lipinski definition) is 6. The van der Waals surface area contributed by atoms with Crippen LogP contribution >= 0.6 is 11.3 Å². The van der Waals surface area contributed by atoms with Gasteiger partial charge >= 0.3 is 5.97 Å². The predicted octanol–water partition coefficient (Wildman–Crippen LogP) is 3.67. The zero-order chi connectivity index (χ0) is 22.9. The Morgan fingerprint density at radius 1 is 1.09 bits per heavy atom. The summed E-state index contributed by atoms with van der Waals surface area (Å²) in [5, 5.41) is 0. The number of halogens is 1. The van der Waals surface area contributed by atoms with Gasteiger partial charge < -0.3 is 9.64 Å². The molecule has 0 saturated carbocycles. The summed E-state index contributed by atoms with van der Waals surface area (Å²) in [6.07, 6.45) is 0.320. The van der Waals surface area contributed by atoms with Crippen LogP contribution in [0.15, 0.2) is 58.8 Å². The first-order chi connectivity index (χ1) is 15.3. The first-order valence-electron chi connectivity index (χ1n) is 9.65. The summed E-state index contributed by atoms with van der Waals surface area (Å²) in [5.74, 6) is -1.43. The highest BCUT2D eigenvalue weighted by Crippen LogP contribution is 2.37. The summed E-state index contributed by atoms with van der Waals surface area (Å²) in [7, 11) is -2.97. The summed E-state index contributed by atoms with van der Waals surface area (Å²) >= 11 is 0.932. The number of ether oxygens (including phenoxy) is 1. The SMILES string of the molecule is COC(=O)c1c(S(=O)(=O)Nc2ccc(F)cc2)sc2c1CCN(C(=O)c1ccccc1)C2. The Labute approximate surface area is 188 Å². The zero-order valence-corrected chi connectivity index (χ0v) is 18.6. The van der Waals surface area contributed by atoms with Crippen LogP contribution in [0.5, 0.6) is 0 Å². The molecule has 1 aromatic heterocycles. The lowest BCUT2D eigenvalue weighted by Gasteiger charge is -2.27. The number of thiophene rings is 1. The quantitative estimate of drug-likeness (QED) is 0.570. The Hall–Kier alpha value is -3.24. The number of rotatable bonds is 5. The Morgan fingerprint density at radius 2 is 1.78 bits per heavy atom. The summed E-state index contributed by atoms with van der Waals surface area (Å²) in [6, 6.07) is 13.6. The monoisotopic (exact) mass is 474 g/mol. The number of anilines is 1. The van der Waals surface area contributed by atoms with E-state index in [4.69, 9.17) is 4.74 Å². The van der Waals surface area contributed by atoms with E-state index in [0.29, 0.717) is 29.0 Å². The molecule has 1 amide bonds. The van der Waals surface area contributed by atoms with Gasteiger partial charge in [-0.05, 0) is 48.4 Å². The molecule has 0 atom stereocenters. The van der Waals surface area contributed by atoms with Gasteiger partial charge in [-0.15, -0.1) is 11.3 Å². The molecule has 0 radical (unpaired) electrons. The summed E-state index contributed by atoms with van der Waals surface area (Å²) in [6.45, 7) is 0.524. The van der Waals surface area contributed by atoms with E-state index >= 15 is 0 Å². The molecule has 0 aliphatic carbocycles. The second-order valence-corrected chi connectivity index (χ2v) is 10.1. The van der Waals surface area contributed by atoms with E-state index in [0.717, 1.165) is 23.5 Å². The Bertz CT molecular complexity index is 1270. The molecular formula is C22H19FN2O5S2. The smallest absolute Gasteiger partial charge is 0.340 e. The number of carbonyl (C=O) groups is 2. The average molecular weight is 475 g/mol. The van der Waals surface area contributed by atoms with Crippen molar-refractivity contribution in [2.45, 2.75) is 17.2 Å². The molecule has 2 heterocycles. The maximum Gasteiger partial charge on any atom is 0.340 e. The molecule has 0 fully saturated rings. The molecule has 10 heteroatoms. The first-order valence-corrected chi connectivity index (χ1v) is 12.0. The minimum atomic E-state index is -4.15. The molecule has 0 spiro atoms. The largest absolute Gasteiger partial charge is 0.465 e. The standard InChI is InChI=1S/C22H19FN2O5S2/c1-30-21(27)19-17-11-12-25(20(26)14-5-3-2-4-6-14)13-18(17)31-22(19)32(28,29)24-16-9-7-15(23)8-10-16/h2-10,24H,11-13H2,1H3. The second kappa shape index (κ2) is 8.71. The van der Waals surface area contributed by atoms with Gasteiger partial charge in [-0.2, -0.15) is 0 Å². The molecular weight excluding hydrogens is 455 g/mol. The lowest BCUT2D eigenvalue weighted by molar-refractivity contribution is 0.0595. The van der Waals surface area contributed by atoms with E-state index in [2.05, 4.69) is 4.72 Å². The van der Waals surface area contributed by atoms with Crippen molar-refractivity contribution >= 4 is 38.9 Å². The lowest BCUT2D eigenvalue weighted by Crippen LogP contribution is -2.35.